The lowest BCUT2D eigenvalue weighted by Gasteiger charge is -2.35. The fourth-order valence-electron chi connectivity index (χ4n) is 3.78. The summed E-state index contributed by atoms with van der Waals surface area (Å²) in [5.41, 5.74) is 1.21. The molecule has 7 nitrogen and oxygen atoms in total. The van der Waals surface area contributed by atoms with Crippen LogP contribution in [-0.4, -0.2) is 52.6 Å². The normalized spacial score (nSPS) is 16.9. The van der Waals surface area contributed by atoms with Gasteiger partial charge in [0, 0.05) is 30.4 Å². The summed E-state index contributed by atoms with van der Waals surface area (Å²) in [7, 11) is 0. The summed E-state index contributed by atoms with van der Waals surface area (Å²) in [5, 5.41) is 14.8. The van der Waals surface area contributed by atoms with Gasteiger partial charge in [-0.1, -0.05) is 31.6 Å². The van der Waals surface area contributed by atoms with Crippen LogP contribution in [0.2, 0.25) is 0 Å². The Balaban J connectivity index is 1.42. The second-order valence-electron chi connectivity index (χ2n) is 7.59. The molecule has 1 fully saturated rings. The molecule has 1 atom stereocenters. The molecular formula is C22H31N5O2S. The lowest BCUT2D eigenvalue weighted by Crippen LogP contribution is -2.40. The Morgan fingerprint density at radius 3 is 2.63 bits per heavy atom. The third-order valence-corrected chi connectivity index (χ3v) is 6.56. The lowest BCUT2D eigenvalue weighted by atomic mass is 10.00. The smallest absolute Gasteiger partial charge is 0.286 e. The van der Waals surface area contributed by atoms with Crippen LogP contribution in [-0.2, 0) is 6.42 Å². The Morgan fingerprint density at radius 2 is 1.93 bits per heavy atom. The van der Waals surface area contributed by atoms with Gasteiger partial charge in [0.15, 0.2) is 0 Å². The number of rotatable bonds is 9. The van der Waals surface area contributed by atoms with E-state index >= 15 is 0 Å². The Morgan fingerprint density at radius 1 is 1.13 bits per heavy atom. The molecule has 2 N–H and O–H groups in total. The molecule has 0 radical (unpaired) electrons. The molecule has 0 aliphatic carbocycles. The molecule has 1 aliphatic heterocycles. The van der Waals surface area contributed by atoms with Gasteiger partial charge in [-0.15, -0.1) is 10.2 Å². The molecule has 2 amide bonds. The maximum atomic E-state index is 12.4. The molecule has 1 aliphatic rings. The highest BCUT2D eigenvalue weighted by molar-refractivity contribution is 7.13. The Kier molecular flexibility index (Phi) is 8.33. The maximum absolute atomic E-state index is 12.4. The van der Waals surface area contributed by atoms with Gasteiger partial charge >= 0.3 is 0 Å². The summed E-state index contributed by atoms with van der Waals surface area (Å²) in [5.74, 6) is -0.372. The average molecular weight is 430 g/mol. The van der Waals surface area contributed by atoms with Crippen LogP contribution in [0.15, 0.2) is 24.3 Å². The lowest BCUT2D eigenvalue weighted by molar-refractivity contribution is 0.0946. The van der Waals surface area contributed by atoms with E-state index in [1.807, 2.05) is 6.92 Å². The molecular weight excluding hydrogens is 398 g/mol. The minimum absolute atomic E-state index is 0.0877. The summed E-state index contributed by atoms with van der Waals surface area (Å²) in [6, 6.07) is 7.61. The number of nitrogens with one attached hydrogen (secondary N) is 2. The monoisotopic (exact) mass is 429 g/mol. The third kappa shape index (κ3) is 6.09. The largest absolute Gasteiger partial charge is 0.352 e. The van der Waals surface area contributed by atoms with Crippen molar-refractivity contribution in [2.75, 3.05) is 25.0 Å². The van der Waals surface area contributed by atoms with Gasteiger partial charge in [-0.25, -0.2) is 0 Å². The highest BCUT2D eigenvalue weighted by Gasteiger charge is 2.20. The second kappa shape index (κ2) is 11.2. The number of aromatic nitrogens is 2. The van der Waals surface area contributed by atoms with Crippen LogP contribution in [0, 0.1) is 0 Å². The number of hydrogen-bond acceptors (Lipinski definition) is 6. The molecule has 162 valence electrons. The van der Waals surface area contributed by atoms with Crippen LogP contribution < -0.4 is 10.6 Å². The number of carbonyl (C=O) groups is 2. The van der Waals surface area contributed by atoms with Crippen LogP contribution in [0.5, 0.6) is 0 Å². The van der Waals surface area contributed by atoms with E-state index in [0.29, 0.717) is 28.8 Å². The number of carbonyl (C=O) groups excluding carboxylic acids is 2. The fourth-order valence-corrected chi connectivity index (χ4v) is 4.46. The van der Waals surface area contributed by atoms with Gasteiger partial charge in [-0.2, -0.15) is 0 Å². The summed E-state index contributed by atoms with van der Waals surface area (Å²) in [4.78, 5) is 27.2. The van der Waals surface area contributed by atoms with Crippen molar-refractivity contribution in [3.05, 3.63) is 39.8 Å². The van der Waals surface area contributed by atoms with Crippen molar-refractivity contribution in [3.8, 4) is 0 Å². The Bertz CT molecular complexity index is 836. The van der Waals surface area contributed by atoms with E-state index in [9.17, 15) is 9.59 Å². The molecule has 2 heterocycles. The van der Waals surface area contributed by atoms with Gasteiger partial charge in [-0.05, 0) is 62.9 Å². The zero-order chi connectivity index (χ0) is 21.3. The van der Waals surface area contributed by atoms with Gasteiger partial charge in [0.1, 0.15) is 5.01 Å². The van der Waals surface area contributed by atoms with Crippen molar-refractivity contribution >= 4 is 28.8 Å². The predicted molar refractivity (Wildman–Crippen MR) is 120 cm³/mol. The number of aryl methyl sites for hydroxylation is 1. The SMILES string of the molecule is CCc1nnc(C(=O)Nc2ccc(C(=O)NCCCN3CCCCC3CC)cc2)s1. The molecule has 0 saturated carbocycles. The molecule has 8 heteroatoms. The van der Waals surface area contributed by atoms with Crippen molar-refractivity contribution in [2.24, 2.45) is 0 Å². The fraction of sp³-hybridized carbons (Fsp3) is 0.545. The van der Waals surface area contributed by atoms with Gasteiger partial charge in [0.05, 0.1) is 0 Å². The summed E-state index contributed by atoms with van der Waals surface area (Å²) in [6.07, 6.45) is 6.83. The number of hydrogen-bond donors (Lipinski definition) is 2. The van der Waals surface area contributed by atoms with E-state index in [1.165, 1.54) is 43.6 Å². The van der Waals surface area contributed by atoms with Crippen LogP contribution in [0.1, 0.15) is 71.1 Å². The molecule has 2 aromatic rings. The Hall–Kier alpha value is -2.32. The number of likely N-dealkylation sites (tertiary alicyclic amines) is 1. The van der Waals surface area contributed by atoms with E-state index < -0.39 is 0 Å². The molecule has 0 bridgehead atoms. The van der Waals surface area contributed by atoms with Gasteiger partial charge in [0.2, 0.25) is 5.01 Å². The first-order chi connectivity index (χ1) is 14.6. The van der Waals surface area contributed by atoms with Crippen LogP contribution in [0.3, 0.4) is 0 Å². The molecule has 1 unspecified atom stereocenters. The zero-order valence-electron chi connectivity index (χ0n) is 17.8. The van der Waals surface area contributed by atoms with Crippen molar-refractivity contribution < 1.29 is 9.59 Å². The first-order valence-electron chi connectivity index (χ1n) is 10.9. The number of piperidine rings is 1. The molecule has 3 rings (SSSR count). The van der Waals surface area contributed by atoms with Crippen LogP contribution in [0.25, 0.3) is 0 Å². The van der Waals surface area contributed by atoms with Gasteiger partial charge in [-0.3, -0.25) is 9.59 Å². The molecule has 1 saturated heterocycles. The highest BCUT2D eigenvalue weighted by atomic mass is 32.1. The molecule has 1 aromatic heterocycles. The van der Waals surface area contributed by atoms with Crippen molar-refractivity contribution in [3.63, 3.8) is 0 Å². The van der Waals surface area contributed by atoms with E-state index in [2.05, 4.69) is 32.7 Å². The first kappa shape index (κ1) is 22.4. The minimum Gasteiger partial charge on any atom is -0.352 e. The second-order valence-corrected chi connectivity index (χ2v) is 8.65. The van der Waals surface area contributed by atoms with Crippen molar-refractivity contribution in [2.45, 2.75) is 58.4 Å². The number of nitrogens with zero attached hydrogens (tertiary/aromatic N) is 3. The summed E-state index contributed by atoms with van der Waals surface area (Å²) < 4.78 is 0. The van der Waals surface area contributed by atoms with E-state index in [1.54, 1.807) is 24.3 Å². The number of amides is 2. The van der Waals surface area contributed by atoms with Crippen LogP contribution >= 0.6 is 11.3 Å². The highest BCUT2D eigenvalue weighted by Crippen LogP contribution is 2.19. The predicted octanol–water partition coefficient (Wildman–Crippen LogP) is 3.74. The van der Waals surface area contributed by atoms with Gasteiger partial charge in [0.25, 0.3) is 11.8 Å². The number of benzene rings is 1. The minimum atomic E-state index is -0.285. The topological polar surface area (TPSA) is 87.2 Å². The molecule has 0 spiro atoms. The Labute approximate surface area is 182 Å². The maximum Gasteiger partial charge on any atom is 0.286 e. The summed E-state index contributed by atoms with van der Waals surface area (Å²) in [6.45, 7) is 7.11. The quantitative estimate of drug-likeness (QED) is 0.593. The van der Waals surface area contributed by atoms with E-state index in [-0.39, 0.29) is 11.8 Å². The van der Waals surface area contributed by atoms with Crippen LogP contribution in [0.4, 0.5) is 5.69 Å². The zero-order valence-corrected chi connectivity index (χ0v) is 18.6. The number of anilines is 1. The summed E-state index contributed by atoms with van der Waals surface area (Å²) >= 11 is 1.29. The third-order valence-electron chi connectivity index (χ3n) is 5.50. The standard InChI is InChI=1S/C22H31N5O2S/c1-3-18-8-5-6-14-27(18)15-7-13-23-20(28)16-9-11-17(12-10-16)24-21(29)22-26-25-19(4-2)30-22/h9-12,18H,3-8,13-15H2,1-2H3,(H,23,28)(H,24,29). The van der Waals surface area contributed by atoms with Crippen molar-refractivity contribution in [1.29, 1.82) is 0 Å². The molecule has 30 heavy (non-hydrogen) atoms. The average Bonchev–Trinajstić information content (AvgIpc) is 3.27. The van der Waals surface area contributed by atoms with E-state index in [0.717, 1.165) is 24.4 Å². The van der Waals surface area contributed by atoms with Gasteiger partial charge < -0.3 is 15.5 Å². The van der Waals surface area contributed by atoms with Crippen molar-refractivity contribution in [1.82, 2.24) is 20.4 Å². The first-order valence-corrected chi connectivity index (χ1v) is 11.7. The van der Waals surface area contributed by atoms with E-state index in [4.69, 9.17) is 0 Å². The molecule has 1 aromatic carbocycles.